The standard InChI is InChI=1S/C10H19N3O/c1-5-13(4)10(14)9(3)12-7-8(2)6-11/h8-9,12H,5,7H2,1-4H3. The molecule has 0 radical (unpaired) electrons. The predicted octanol–water partition coefficient (Wildman–Crippen LogP) is 0.602. The highest BCUT2D eigenvalue weighted by atomic mass is 16.2. The van der Waals surface area contributed by atoms with Gasteiger partial charge in [0.05, 0.1) is 18.0 Å². The smallest absolute Gasteiger partial charge is 0.239 e. The lowest BCUT2D eigenvalue weighted by molar-refractivity contribution is -0.131. The molecular weight excluding hydrogens is 178 g/mol. The summed E-state index contributed by atoms with van der Waals surface area (Å²) in [5, 5.41) is 11.6. The average Bonchev–Trinajstić information content (AvgIpc) is 2.22. The van der Waals surface area contributed by atoms with Crippen LogP contribution in [0.1, 0.15) is 20.8 Å². The predicted molar refractivity (Wildman–Crippen MR) is 55.6 cm³/mol. The van der Waals surface area contributed by atoms with Crippen molar-refractivity contribution in [3.05, 3.63) is 0 Å². The second kappa shape index (κ2) is 6.39. The van der Waals surface area contributed by atoms with E-state index >= 15 is 0 Å². The average molecular weight is 197 g/mol. The molecule has 2 atom stereocenters. The maximum atomic E-state index is 11.6. The Bertz CT molecular complexity index is 222. The molecule has 0 bridgehead atoms. The first kappa shape index (κ1) is 12.9. The lowest BCUT2D eigenvalue weighted by Gasteiger charge is -2.20. The highest BCUT2D eigenvalue weighted by molar-refractivity contribution is 5.81. The molecule has 0 aliphatic rings. The molecule has 4 heteroatoms. The zero-order valence-electron chi connectivity index (χ0n) is 9.37. The number of nitrogens with one attached hydrogen (secondary N) is 1. The van der Waals surface area contributed by atoms with E-state index in [1.54, 1.807) is 11.9 Å². The molecule has 0 saturated heterocycles. The Balaban J connectivity index is 3.91. The zero-order chi connectivity index (χ0) is 11.1. The van der Waals surface area contributed by atoms with Crippen LogP contribution in [0.25, 0.3) is 0 Å². The van der Waals surface area contributed by atoms with Gasteiger partial charge in [-0.25, -0.2) is 0 Å². The highest BCUT2D eigenvalue weighted by Crippen LogP contribution is 1.94. The molecule has 0 rings (SSSR count). The molecule has 4 nitrogen and oxygen atoms in total. The Hall–Kier alpha value is -1.08. The molecule has 1 amide bonds. The van der Waals surface area contributed by atoms with Crippen molar-refractivity contribution in [1.29, 1.82) is 5.26 Å². The summed E-state index contributed by atoms with van der Waals surface area (Å²) in [6, 6.07) is 1.90. The SMILES string of the molecule is CCN(C)C(=O)C(C)NCC(C)C#N. The second-order valence-electron chi connectivity index (χ2n) is 3.51. The van der Waals surface area contributed by atoms with Crippen molar-refractivity contribution >= 4 is 5.91 Å². The number of hydrogen-bond donors (Lipinski definition) is 1. The maximum absolute atomic E-state index is 11.6. The van der Waals surface area contributed by atoms with Gasteiger partial charge in [-0.15, -0.1) is 0 Å². The van der Waals surface area contributed by atoms with Gasteiger partial charge < -0.3 is 10.2 Å². The molecule has 14 heavy (non-hydrogen) atoms. The van der Waals surface area contributed by atoms with Crippen LogP contribution >= 0.6 is 0 Å². The van der Waals surface area contributed by atoms with Crippen molar-refractivity contribution in [3.8, 4) is 6.07 Å². The maximum Gasteiger partial charge on any atom is 0.239 e. The lowest BCUT2D eigenvalue weighted by Crippen LogP contribution is -2.44. The quantitative estimate of drug-likeness (QED) is 0.702. The van der Waals surface area contributed by atoms with Gasteiger partial charge in [-0.05, 0) is 20.8 Å². The Morgan fingerprint density at radius 3 is 2.57 bits per heavy atom. The van der Waals surface area contributed by atoms with Crippen molar-refractivity contribution in [3.63, 3.8) is 0 Å². The van der Waals surface area contributed by atoms with Crippen LogP contribution < -0.4 is 5.32 Å². The van der Waals surface area contributed by atoms with Crippen LogP contribution in [0.3, 0.4) is 0 Å². The van der Waals surface area contributed by atoms with Gasteiger partial charge >= 0.3 is 0 Å². The largest absolute Gasteiger partial charge is 0.345 e. The van der Waals surface area contributed by atoms with E-state index in [2.05, 4.69) is 11.4 Å². The molecule has 0 saturated carbocycles. The van der Waals surface area contributed by atoms with Crippen LogP contribution in [-0.4, -0.2) is 37.0 Å². The first-order valence-electron chi connectivity index (χ1n) is 4.90. The van der Waals surface area contributed by atoms with Crippen LogP contribution in [0.5, 0.6) is 0 Å². The van der Waals surface area contributed by atoms with Gasteiger partial charge in [0.15, 0.2) is 0 Å². The van der Waals surface area contributed by atoms with Gasteiger partial charge in [0, 0.05) is 20.1 Å². The summed E-state index contributed by atoms with van der Waals surface area (Å²) in [5.74, 6) is 0.00909. The lowest BCUT2D eigenvalue weighted by atomic mass is 10.2. The summed E-state index contributed by atoms with van der Waals surface area (Å²) in [5.41, 5.74) is 0. The van der Waals surface area contributed by atoms with Crippen LogP contribution in [0.2, 0.25) is 0 Å². The minimum atomic E-state index is -0.212. The third kappa shape index (κ3) is 4.24. The van der Waals surface area contributed by atoms with E-state index in [9.17, 15) is 4.79 Å². The van der Waals surface area contributed by atoms with Crippen molar-refractivity contribution in [2.45, 2.75) is 26.8 Å². The van der Waals surface area contributed by atoms with E-state index < -0.39 is 0 Å². The zero-order valence-corrected chi connectivity index (χ0v) is 9.37. The first-order chi connectivity index (χ1) is 6.52. The van der Waals surface area contributed by atoms with Gasteiger partial charge in [-0.1, -0.05) is 0 Å². The fraction of sp³-hybridized carbons (Fsp3) is 0.800. The van der Waals surface area contributed by atoms with Gasteiger partial charge in [-0.2, -0.15) is 5.26 Å². The highest BCUT2D eigenvalue weighted by Gasteiger charge is 2.15. The molecule has 0 aromatic heterocycles. The molecule has 0 aromatic rings. The molecule has 0 aromatic carbocycles. The van der Waals surface area contributed by atoms with Crippen molar-refractivity contribution in [2.24, 2.45) is 5.92 Å². The summed E-state index contributed by atoms with van der Waals surface area (Å²) in [6.45, 7) is 6.84. The van der Waals surface area contributed by atoms with Crippen LogP contribution in [-0.2, 0) is 4.79 Å². The molecule has 2 unspecified atom stereocenters. The van der Waals surface area contributed by atoms with Crippen LogP contribution in [0.4, 0.5) is 0 Å². The molecule has 0 aliphatic heterocycles. The molecule has 0 aliphatic carbocycles. The first-order valence-corrected chi connectivity index (χ1v) is 4.90. The van der Waals surface area contributed by atoms with Crippen molar-refractivity contribution in [2.75, 3.05) is 20.1 Å². The third-order valence-electron chi connectivity index (χ3n) is 2.17. The minimum absolute atomic E-state index is 0.0582. The van der Waals surface area contributed by atoms with Crippen LogP contribution in [0, 0.1) is 17.2 Å². The van der Waals surface area contributed by atoms with E-state index in [-0.39, 0.29) is 17.9 Å². The topological polar surface area (TPSA) is 56.1 Å². The number of carbonyl (C=O) groups excluding carboxylic acids is 1. The van der Waals surface area contributed by atoms with Gasteiger partial charge in [0.25, 0.3) is 0 Å². The van der Waals surface area contributed by atoms with Gasteiger partial charge in [-0.3, -0.25) is 4.79 Å². The number of nitrogens with zero attached hydrogens (tertiary/aromatic N) is 2. The summed E-state index contributed by atoms with van der Waals surface area (Å²) in [6.07, 6.45) is 0. The fourth-order valence-corrected chi connectivity index (χ4v) is 0.973. The third-order valence-corrected chi connectivity index (χ3v) is 2.17. The van der Waals surface area contributed by atoms with Crippen molar-refractivity contribution in [1.82, 2.24) is 10.2 Å². The second-order valence-corrected chi connectivity index (χ2v) is 3.51. The summed E-state index contributed by atoms with van der Waals surface area (Å²) in [4.78, 5) is 13.2. The van der Waals surface area contributed by atoms with E-state index in [1.165, 1.54) is 0 Å². The van der Waals surface area contributed by atoms with Gasteiger partial charge in [0.2, 0.25) is 5.91 Å². The van der Waals surface area contributed by atoms with E-state index in [1.807, 2.05) is 20.8 Å². The van der Waals surface area contributed by atoms with E-state index in [4.69, 9.17) is 5.26 Å². The van der Waals surface area contributed by atoms with Crippen molar-refractivity contribution < 1.29 is 4.79 Å². The number of nitriles is 1. The summed E-state index contributed by atoms with van der Waals surface area (Å²) in [7, 11) is 1.77. The summed E-state index contributed by atoms with van der Waals surface area (Å²) >= 11 is 0. The number of likely N-dealkylation sites (N-methyl/N-ethyl adjacent to an activating group) is 1. The number of hydrogen-bond acceptors (Lipinski definition) is 3. The molecular formula is C10H19N3O. The Morgan fingerprint density at radius 2 is 2.14 bits per heavy atom. The molecule has 1 N–H and O–H groups in total. The van der Waals surface area contributed by atoms with Gasteiger partial charge in [0.1, 0.15) is 0 Å². The number of carbonyl (C=O) groups is 1. The number of rotatable bonds is 5. The monoisotopic (exact) mass is 197 g/mol. The molecule has 0 fully saturated rings. The summed E-state index contributed by atoms with van der Waals surface area (Å²) < 4.78 is 0. The van der Waals surface area contributed by atoms with Crippen LogP contribution in [0.15, 0.2) is 0 Å². The van der Waals surface area contributed by atoms with E-state index in [0.717, 1.165) is 0 Å². The Morgan fingerprint density at radius 1 is 1.57 bits per heavy atom. The Labute approximate surface area is 85.9 Å². The molecule has 0 spiro atoms. The minimum Gasteiger partial charge on any atom is -0.345 e. The Kier molecular flexibility index (Phi) is 5.89. The molecule has 0 heterocycles. The normalized spacial score (nSPS) is 14.2. The molecule has 80 valence electrons. The van der Waals surface area contributed by atoms with E-state index in [0.29, 0.717) is 13.1 Å². The number of amides is 1. The fourth-order valence-electron chi connectivity index (χ4n) is 0.973.